The van der Waals surface area contributed by atoms with Gasteiger partial charge in [-0.2, -0.15) is 15.8 Å². The third-order valence-corrected chi connectivity index (χ3v) is 6.56. The Morgan fingerprint density at radius 1 is 1.26 bits per heavy atom. The van der Waals surface area contributed by atoms with Crippen molar-refractivity contribution in [3.05, 3.63) is 10.6 Å². The van der Waals surface area contributed by atoms with Crippen LogP contribution in [0.1, 0.15) is 46.0 Å². The molecular formula is C19H23N5O2S. The van der Waals surface area contributed by atoms with E-state index in [0.29, 0.717) is 23.4 Å². The molecule has 8 heteroatoms. The monoisotopic (exact) mass is 385 g/mol. The fraction of sp³-hybridized carbons (Fsp3) is 0.632. The summed E-state index contributed by atoms with van der Waals surface area (Å²) < 4.78 is 0. The van der Waals surface area contributed by atoms with E-state index in [1.165, 1.54) is 4.90 Å². The SMILES string of the molecule is CN(C(=O)CSC1=C(C#N)C(C)(C)[C@H](C#N)C(=O)N1)C1(C#N)CCCCC1. The fourth-order valence-corrected chi connectivity index (χ4v) is 4.75. The molecule has 0 aromatic rings. The van der Waals surface area contributed by atoms with Gasteiger partial charge in [-0.25, -0.2) is 0 Å². The van der Waals surface area contributed by atoms with Crippen LogP contribution in [0.5, 0.6) is 0 Å². The maximum Gasteiger partial charge on any atom is 0.243 e. The summed E-state index contributed by atoms with van der Waals surface area (Å²) in [7, 11) is 1.64. The topological polar surface area (TPSA) is 121 Å². The number of rotatable bonds is 4. The highest BCUT2D eigenvalue weighted by atomic mass is 32.2. The van der Waals surface area contributed by atoms with Gasteiger partial charge in [0.25, 0.3) is 0 Å². The molecule has 2 aliphatic rings. The molecule has 0 bridgehead atoms. The first-order valence-electron chi connectivity index (χ1n) is 8.89. The Hall–Kier alpha value is -2.50. The number of thioether (sulfide) groups is 1. The van der Waals surface area contributed by atoms with E-state index in [2.05, 4.69) is 17.5 Å². The summed E-state index contributed by atoms with van der Waals surface area (Å²) in [6.45, 7) is 3.36. The molecule has 0 radical (unpaired) electrons. The van der Waals surface area contributed by atoms with Crippen LogP contribution in [0.25, 0.3) is 0 Å². The number of carbonyl (C=O) groups is 2. The predicted molar refractivity (Wildman–Crippen MR) is 100 cm³/mol. The zero-order valence-electron chi connectivity index (χ0n) is 15.8. The second-order valence-electron chi connectivity index (χ2n) is 7.53. The van der Waals surface area contributed by atoms with Crippen molar-refractivity contribution in [2.24, 2.45) is 11.3 Å². The summed E-state index contributed by atoms with van der Waals surface area (Å²) in [5.74, 6) is -1.64. The second-order valence-corrected chi connectivity index (χ2v) is 8.52. The van der Waals surface area contributed by atoms with E-state index in [0.717, 1.165) is 31.0 Å². The lowest BCUT2D eigenvalue weighted by Crippen LogP contribution is -2.50. The van der Waals surface area contributed by atoms with Crippen molar-refractivity contribution >= 4 is 23.6 Å². The van der Waals surface area contributed by atoms with Crippen LogP contribution in [0, 0.1) is 45.3 Å². The normalized spacial score (nSPS) is 23.4. The van der Waals surface area contributed by atoms with Crippen LogP contribution in [0.15, 0.2) is 10.6 Å². The molecule has 0 spiro atoms. The first-order valence-corrected chi connectivity index (χ1v) is 9.88. The van der Waals surface area contributed by atoms with Crippen molar-refractivity contribution in [2.75, 3.05) is 12.8 Å². The van der Waals surface area contributed by atoms with Gasteiger partial charge in [-0.05, 0) is 12.8 Å². The van der Waals surface area contributed by atoms with E-state index >= 15 is 0 Å². The maximum atomic E-state index is 12.7. The Bertz CT molecular complexity index is 790. The van der Waals surface area contributed by atoms with Crippen molar-refractivity contribution in [1.82, 2.24) is 10.2 Å². The third-order valence-electron chi connectivity index (χ3n) is 5.58. The van der Waals surface area contributed by atoms with Gasteiger partial charge in [0.1, 0.15) is 11.5 Å². The van der Waals surface area contributed by atoms with Gasteiger partial charge in [0, 0.05) is 12.5 Å². The molecule has 0 aromatic carbocycles. The third kappa shape index (κ3) is 3.80. The van der Waals surface area contributed by atoms with Gasteiger partial charge in [0.15, 0.2) is 0 Å². The van der Waals surface area contributed by atoms with Gasteiger partial charge in [-0.3, -0.25) is 9.59 Å². The number of nitrogens with one attached hydrogen (secondary N) is 1. The molecule has 27 heavy (non-hydrogen) atoms. The number of nitriles is 3. The minimum atomic E-state index is -0.959. The van der Waals surface area contributed by atoms with Crippen molar-refractivity contribution in [3.63, 3.8) is 0 Å². The van der Waals surface area contributed by atoms with Gasteiger partial charge in [-0.1, -0.05) is 44.9 Å². The molecule has 0 unspecified atom stereocenters. The highest BCUT2D eigenvalue weighted by molar-refractivity contribution is 8.03. The van der Waals surface area contributed by atoms with E-state index in [4.69, 9.17) is 0 Å². The first-order chi connectivity index (χ1) is 12.7. The number of hydrogen-bond donors (Lipinski definition) is 1. The van der Waals surface area contributed by atoms with Crippen LogP contribution in [-0.4, -0.2) is 35.1 Å². The van der Waals surface area contributed by atoms with Crippen LogP contribution in [-0.2, 0) is 9.59 Å². The van der Waals surface area contributed by atoms with Crippen molar-refractivity contribution in [2.45, 2.75) is 51.5 Å². The number of carbonyl (C=O) groups excluding carboxylic acids is 2. The van der Waals surface area contributed by atoms with E-state index in [-0.39, 0.29) is 11.7 Å². The van der Waals surface area contributed by atoms with Gasteiger partial charge in [0.2, 0.25) is 11.8 Å². The Balaban J connectivity index is 2.17. The molecule has 1 atom stereocenters. The summed E-state index contributed by atoms with van der Waals surface area (Å²) in [5, 5.41) is 31.3. The van der Waals surface area contributed by atoms with Gasteiger partial charge in [-0.15, -0.1) is 0 Å². The molecule has 0 aromatic heterocycles. The Morgan fingerprint density at radius 2 is 1.89 bits per heavy atom. The van der Waals surface area contributed by atoms with E-state index in [1.54, 1.807) is 20.9 Å². The summed E-state index contributed by atoms with van der Waals surface area (Å²) in [5.41, 5.74) is -1.41. The summed E-state index contributed by atoms with van der Waals surface area (Å²) >= 11 is 1.07. The lowest BCUT2D eigenvalue weighted by molar-refractivity contribution is -0.132. The molecule has 1 fully saturated rings. The van der Waals surface area contributed by atoms with E-state index < -0.39 is 22.8 Å². The molecule has 2 rings (SSSR count). The van der Waals surface area contributed by atoms with E-state index in [1.807, 2.05) is 6.07 Å². The molecule has 1 aliphatic heterocycles. The van der Waals surface area contributed by atoms with Crippen molar-refractivity contribution in [3.8, 4) is 18.2 Å². The number of hydrogen-bond acceptors (Lipinski definition) is 6. The molecule has 2 amide bonds. The van der Waals surface area contributed by atoms with Gasteiger partial charge >= 0.3 is 0 Å². The molecule has 1 saturated carbocycles. The average Bonchev–Trinajstić information content (AvgIpc) is 2.65. The average molecular weight is 385 g/mol. The second kappa shape index (κ2) is 8.03. The number of allylic oxidation sites excluding steroid dienone is 1. The summed E-state index contributed by atoms with van der Waals surface area (Å²) in [6, 6.07) is 6.34. The van der Waals surface area contributed by atoms with Crippen LogP contribution in [0.2, 0.25) is 0 Å². The Labute approximate surface area is 164 Å². The molecule has 0 saturated heterocycles. The highest BCUT2D eigenvalue weighted by Gasteiger charge is 2.45. The highest BCUT2D eigenvalue weighted by Crippen LogP contribution is 2.42. The van der Waals surface area contributed by atoms with Crippen LogP contribution in [0.4, 0.5) is 0 Å². The smallest absolute Gasteiger partial charge is 0.243 e. The van der Waals surface area contributed by atoms with Crippen molar-refractivity contribution in [1.29, 1.82) is 15.8 Å². The zero-order chi connectivity index (χ0) is 20.2. The molecule has 1 heterocycles. The Kier molecular flexibility index (Phi) is 6.19. The van der Waals surface area contributed by atoms with E-state index in [9.17, 15) is 25.4 Å². The zero-order valence-corrected chi connectivity index (χ0v) is 16.7. The summed E-state index contributed by atoms with van der Waals surface area (Å²) in [6.07, 6.45) is 4.23. The quantitative estimate of drug-likeness (QED) is 0.793. The molecule has 1 N–H and O–H groups in total. The standard InChI is InChI=1S/C19H23N5O2S/c1-18(2)13(9-20)16(26)23-17(14(18)10-21)27-11-15(25)24(3)19(12-22)7-5-4-6-8-19/h13H,4-8,11H2,1-3H3,(H,23,26)/t13-/m1/s1. The molecular weight excluding hydrogens is 362 g/mol. The van der Waals surface area contributed by atoms with Crippen LogP contribution < -0.4 is 5.32 Å². The van der Waals surface area contributed by atoms with Gasteiger partial charge in [0.05, 0.1) is 34.6 Å². The maximum absolute atomic E-state index is 12.7. The summed E-state index contributed by atoms with van der Waals surface area (Å²) in [4.78, 5) is 26.4. The number of nitrogens with zero attached hydrogens (tertiary/aromatic N) is 4. The lowest BCUT2D eigenvalue weighted by atomic mass is 9.72. The van der Waals surface area contributed by atoms with Gasteiger partial charge < -0.3 is 10.2 Å². The molecule has 1 aliphatic carbocycles. The predicted octanol–water partition coefficient (Wildman–Crippen LogP) is 2.44. The van der Waals surface area contributed by atoms with Crippen LogP contribution in [0.3, 0.4) is 0 Å². The largest absolute Gasteiger partial charge is 0.326 e. The lowest BCUT2D eigenvalue weighted by Gasteiger charge is -2.39. The van der Waals surface area contributed by atoms with Crippen LogP contribution >= 0.6 is 11.8 Å². The number of amides is 2. The fourth-order valence-electron chi connectivity index (χ4n) is 3.66. The van der Waals surface area contributed by atoms with Crippen molar-refractivity contribution < 1.29 is 9.59 Å². The minimum Gasteiger partial charge on any atom is -0.326 e. The first kappa shape index (κ1) is 20.8. The molecule has 142 valence electrons. The minimum absolute atomic E-state index is 0.00796. The Morgan fingerprint density at radius 3 is 2.41 bits per heavy atom. The molecule has 7 nitrogen and oxygen atoms in total.